The second-order valence-electron chi connectivity index (χ2n) is 5.10. The first-order valence-electron chi connectivity index (χ1n) is 6.86. The number of hydrogen-bond acceptors (Lipinski definition) is 4. The molecule has 1 unspecified atom stereocenters. The standard InChI is InChI=1S/C12H26N2O4S/c1-14(12-6-4-3-5-7-12)19(16,17)13-11(8-9-15)10-18-2/h11-13,15H,3-10H2,1-2H3. The molecule has 114 valence electrons. The number of aliphatic hydroxyl groups is 1. The first-order valence-corrected chi connectivity index (χ1v) is 8.30. The van der Waals surface area contributed by atoms with Crippen LogP contribution in [-0.4, -0.2) is 57.3 Å². The highest BCUT2D eigenvalue weighted by Gasteiger charge is 2.29. The van der Waals surface area contributed by atoms with Crippen molar-refractivity contribution in [3.05, 3.63) is 0 Å². The summed E-state index contributed by atoms with van der Waals surface area (Å²) < 4.78 is 33.5. The van der Waals surface area contributed by atoms with E-state index in [9.17, 15) is 8.42 Å². The Morgan fingerprint density at radius 2 is 2.00 bits per heavy atom. The highest BCUT2D eigenvalue weighted by molar-refractivity contribution is 7.87. The van der Waals surface area contributed by atoms with Crippen LogP contribution in [0.5, 0.6) is 0 Å². The maximum absolute atomic E-state index is 12.3. The van der Waals surface area contributed by atoms with Crippen LogP contribution in [0.3, 0.4) is 0 Å². The highest BCUT2D eigenvalue weighted by atomic mass is 32.2. The molecule has 7 heteroatoms. The quantitative estimate of drug-likeness (QED) is 0.682. The molecular formula is C12H26N2O4S. The summed E-state index contributed by atoms with van der Waals surface area (Å²) in [6.07, 6.45) is 5.56. The maximum Gasteiger partial charge on any atom is 0.279 e. The van der Waals surface area contributed by atoms with Gasteiger partial charge >= 0.3 is 0 Å². The van der Waals surface area contributed by atoms with E-state index >= 15 is 0 Å². The number of aliphatic hydroxyl groups excluding tert-OH is 1. The lowest BCUT2D eigenvalue weighted by atomic mass is 9.96. The summed E-state index contributed by atoms with van der Waals surface area (Å²) in [5.74, 6) is 0. The van der Waals surface area contributed by atoms with Gasteiger partial charge in [-0.15, -0.1) is 0 Å². The molecule has 0 saturated heterocycles. The van der Waals surface area contributed by atoms with Crippen molar-refractivity contribution in [3.8, 4) is 0 Å². The monoisotopic (exact) mass is 294 g/mol. The molecule has 0 aromatic carbocycles. The molecule has 0 spiro atoms. The summed E-state index contributed by atoms with van der Waals surface area (Å²) in [6.45, 7) is 0.196. The lowest BCUT2D eigenvalue weighted by Crippen LogP contribution is -2.49. The molecule has 19 heavy (non-hydrogen) atoms. The van der Waals surface area contributed by atoms with E-state index in [1.165, 1.54) is 17.8 Å². The Labute approximate surface area is 116 Å². The molecule has 1 atom stereocenters. The van der Waals surface area contributed by atoms with Gasteiger partial charge in [0.1, 0.15) is 0 Å². The molecule has 0 amide bonds. The van der Waals surface area contributed by atoms with Crippen molar-refractivity contribution >= 4 is 10.2 Å². The summed E-state index contributed by atoms with van der Waals surface area (Å²) >= 11 is 0. The van der Waals surface area contributed by atoms with E-state index in [2.05, 4.69) is 4.72 Å². The van der Waals surface area contributed by atoms with E-state index in [0.717, 1.165) is 25.7 Å². The minimum atomic E-state index is -3.51. The minimum Gasteiger partial charge on any atom is -0.396 e. The second kappa shape index (κ2) is 8.16. The van der Waals surface area contributed by atoms with E-state index in [1.54, 1.807) is 7.05 Å². The van der Waals surface area contributed by atoms with Crippen molar-refractivity contribution in [1.29, 1.82) is 0 Å². The van der Waals surface area contributed by atoms with Gasteiger partial charge in [-0.25, -0.2) is 0 Å². The summed E-state index contributed by atoms with van der Waals surface area (Å²) in [5.41, 5.74) is 0. The Morgan fingerprint density at radius 3 is 2.53 bits per heavy atom. The van der Waals surface area contributed by atoms with Gasteiger partial charge in [-0.05, 0) is 19.3 Å². The van der Waals surface area contributed by atoms with Crippen LogP contribution in [0.2, 0.25) is 0 Å². The van der Waals surface area contributed by atoms with Crippen molar-refractivity contribution in [2.75, 3.05) is 27.4 Å². The molecule has 0 bridgehead atoms. The number of nitrogens with one attached hydrogen (secondary N) is 1. The normalized spacial score (nSPS) is 19.8. The van der Waals surface area contributed by atoms with Gasteiger partial charge in [-0.1, -0.05) is 19.3 Å². The van der Waals surface area contributed by atoms with Crippen LogP contribution < -0.4 is 4.72 Å². The number of hydrogen-bond donors (Lipinski definition) is 2. The lowest BCUT2D eigenvalue weighted by molar-refractivity contribution is 0.156. The van der Waals surface area contributed by atoms with Gasteiger partial charge in [0.15, 0.2) is 0 Å². The van der Waals surface area contributed by atoms with Crippen LogP contribution in [0.25, 0.3) is 0 Å². The zero-order valence-electron chi connectivity index (χ0n) is 11.8. The third-order valence-electron chi connectivity index (χ3n) is 3.63. The lowest BCUT2D eigenvalue weighted by Gasteiger charge is -2.31. The number of nitrogens with zero attached hydrogens (tertiary/aromatic N) is 1. The zero-order chi connectivity index (χ0) is 14.3. The molecule has 1 aliphatic carbocycles. The molecule has 0 aromatic rings. The summed E-state index contributed by atoms with van der Waals surface area (Å²) in [5, 5.41) is 8.94. The van der Waals surface area contributed by atoms with E-state index < -0.39 is 10.2 Å². The zero-order valence-corrected chi connectivity index (χ0v) is 12.7. The molecule has 1 fully saturated rings. The van der Waals surface area contributed by atoms with Crippen LogP contribution >= 0.6 is 0 Å². The van der Waals surface area contributed by atoms with Crippen molar-refractivity contribution in [3.63, 3.8) is 0 Å². The molecule has 0 radical (unpaired) electrons. The molecule has 6 nitrogen and oxygen atoms in total. The van der Waals surface area contributed by atoms with Crippen LogP contribution in [-0.2, 0) is 14.9 Å². The fraction of sp³-hybridized carbons (Fsp3) is 1.00. The summed E-state index contributed by atoms with van der Waals surface area (Å²) in [7, 11) is -0.368. The average Bonchev–Trinajstić information content (AvgIpc) is 2.39. The number of methoxy groups -OCH3 is 1. The van der Waals surface area contributed by atoms with Gasteiger partial charge in [0.25, 0.3) is 10.2 Å². The first-order chi connectivity index (χ1) is 9.01. The molecule has 1 saturated carbocycles. The Kier molecular flexibility index (Phi) is 7.23. The number of rotatable bonds is 8. The Morgan fingerprint density at radius 1 is 1.37 bits per heavy atom. The van der Waals surface area contributed by atoms with Crippen molar-refractivity contribution in [1.82, 2.24) is 9.03 Å². The van der Waals surface area contributed by atoms with Gasteiger partial charge < -0.3 is 9.84 Å². The fourth-order valence-corrected chi connectivity index (χ4v) is 3.84. The topological polar surface area (TPSA) is 78.9 Å². The first kappa shape index (κ1) is 16.8. The Hall–Kier alpha value is -0.210. The fourth-order valence-electron chi connectivity index (χ4n) is 2.47. The average molecular weight is 294 g/mol. The molecule has 0 aliphatic heterocycles. The van der Waals surface area contributed by atoms with Crippen LogP contribution in [0.4, 0.5) is 0 Å². The Balaban J connectivity index is 2.61. The van der Waals surface area contributed by atoms with Crippen molar-refractivity contribution in [2.24, 2.45) is 0 Å². The maximum atomic E-state index is 12.3. The molecule has 2 N–H and O–H groups in total. The second-order valence-corrected chi connectivity index (χ2v) is 6.86. The Bertz CT molecular complexity index is 336. The minimum absolute atomic E-state index is 0.0658. The van der Waals surface area contributed by atoms with E-state index in [0.29, 0.717) is 6.42 Å². The van der Waals surface area contributed by atoms with Crippen LogP contribution in [0.15, 0.2) is 0 Å². The predicted molar refractivity (Wildman–Crippen MR) is 74.1 cm³/mol. The van der Waals surface area contributed by atoms with Gasteiger partial charge in [0.05, 0.1) is 6.61 Å². The van der Waals surface area contributed by atoms with E-state index in [-0.39, 0.29) is 25.3 Å². The summed E-state index contributed by atoms with van der Waals surface area (Å²) in [4.78, 5) is 0. The highest BCUT2D eigenvalue weighted by Crippen LogP contribution is 2.23. The van der Waals surface area contributed by atoms with E-state index in [4.69, 9.17) is 9.84 Å². The molecular weight excluding hydrogens is 268 g/mol. The van der Waals surface area contributed by atoms with Crippen LogP contribution in [0.1, 0.15) is 38.5 Å². The summed E-state index contributed by atoms with van der Waals surface area (Å²) in [6, 6.07) is -0.297. The predicted octanol–water partition coefficient (Wildman–Crippen LogP) is 0.483. The smallest absolute Gasteiger partial charge is 0.279 e. The van der Waals surface area contributed by atoms with E-state index in [1.807, 2.05) is 0 Å². The SMILES string of the molecule is COCC(CCO)NS(=O)(=O)N(C)C1CCCCC1. The van der Waals surface area contributed by atoms with Crippen molar-refractivity contribution in [2.45, 2.75) is 50.6 Å². The van der Waals surface area contributed by atoms with Gasteiger partial charge in [-0.2, -0.15) is 17.4 Å². The van der Waals surface area contributed by atoms with Crippen molar-refractivity contribution < 1.29 is 18.3 Å². The third-order valence-corrected chi connectivity index (χ3v) is 5.32. The third kappa shape index (κ3) is 5.35. The largest absolute Gasteiger partial charge is 0.396 e. The molecule has 1 aliphatic rings. The van der Waals surface area contributed by atoms with Gasteiger partial charge in [-0.3, -0.25) is 0 Å². The number of ether oxygens (including phenoxy) is 1. The van der Waals surface area contributed by atoms with Gasteiger partial charge in [0, 0.05) is 32.8 Å². The van der Waals surface area contributed by atoms with Crippen LogP contribution in [0, 0.1) is 0 Å². The van der Waals surface area contributed by atoms with Gasteiger partial charge in [0.2, 0.25) is 0 Å². The molecule has 0 aromatic heterocycles. The molecule has 0 heterocycles. The molecule has 1 rings (SSSR count).